The number of carbonyl (C=O) groups is 2. The number of rotatable bonds is 8. The molecule has 2 amide bonds. The van der Waals surface area contributed by atoms with Crippen LogP contribution in [-0.4, -0.2) is 34.5 Å². The minimum atomic E-state index is -0.401. The van der Waals surface area contributed by atoms with Crippen LogP contribution in [0.15, 0.2) is 53.6 Å². The summed E-state index contributed by atoms with van der Waals surface area (Å²) in [6.07, 6.45) is 1.68. The van der Waals surface area contributed by atoms with E-state index in [0.717, 1.165) is 5.69 Å². The SMILES string of the molecule is C=CCN(C(=O)CSC(C)C(=O)Nc1cc(C)on1)c1ccccc1. The van der Waals surface area contributed by atoms with Gasteiger partial charge < -0.3 is 14.7 Å². The smallest absolute Gasteiger partial charge is 0.238 e. The molecule has 2 aromatic rings. The molecule has 1 aromatic carbocycles. The number of aryl methyl sites for hydroxylation is 1. The van der Waals surface area contributed by atoms with E-state index in [9.17, 15) is 9.59 Å². The molecule has 2 rings (SSSR count). The molecule has 0 saturated heterocycles. The van der Waals surface area contributed by atoms with Gasteiger partial charge in [0.1, 0.15) is 5.76 Å². The number of hydrogen-bond donors (Lipinski definition) is 1. The zero-order chi connectivity index (χ0) is 18.2. The van der Waals surface area contributed by atoms with Crippen LogP contribution in [0.1, 0.15) is 12.7 Å². The monoisotopic (exact) mass is 359 g/mol. The van der Waals surface area contributed by atoms with Gasteiger partial charge in [0.25, 0.3) is 0 Å². The Morgan fingerprint density at radius 3 is 2.72 bits per heavy atom. The standard InChI is InChI=1S/C18H21N3O3S/c1-4-10-21(15-8-6-5-7-9-15)17(22)12-25-14(3)18(23)19-16-11-13(2)24-20-16/h4-9,11,14H,1,10,12H2,2-3H3,(H,19,20,23). The van der Waals surface area contributed by atoms with Gasteiger partial charge in [0.15, 0.2) is 5.82 Å². The van der Waals surface area contributed by atoms with Crippen LogP contribution in [0.5, 0.6) is 0 Å². The Hall–Kier alpha value is -2.54. The zero-order valence-corrected chi connectivity index (χ0v) is 15.1. The number of hydrogen-bond acceptors (Lipinski definition) is 5. The Morgan fingerprint density at radius 2 is 2.12 bits per heavy atom. The van der Waals surface area contributed by atoms with E-state index in [1.807, 2.05) is 30.3 Å². The predicted molar refractivity (Wildman–Crippen MR) is 101 cm³/mol. The number of anilines is 2. The third kappa shape index (κ3) is 5.49. The molecule has 6 nitrogen and oxygen atoms in total. The molecule has 0 spiro atoms. The number of thioether (sulfide) groups is 1. The molecule has 0 aliphatic heterocycles. The number of carbonyl (C=O) groups excluding carboxylic acids is 2. The Bertz CT molecular complexity index is 730. The van der Waals surface area contributed by atoms with E-state index in [1.165, 1.54) is 11.8 Å². The molecule has 0 aliphatic rings. The average molecular weight is 359 g/mol. The normalized spacial score (nSPS) is 11.6. The molecule has 25 heavy (non-hydrogen) atoms. The lowest BCUT2D eigenvalue weighted by molar-refractivity contribution is -0.116. The van der Waals surface area contributed by atoms with Crippen molar-refractivity contribution in [3.8, 4) is 0 Å². The second-order valence-corrected chi connectivity index (χ2v) is 6.72. The Balaban J connectivity index is 1.90. The lowest BCUT2D eigenvalue weighted by Crippen LogP contribution is -2.33. The first-order valence-electron chi connectivity index (χ1n) is 7.83. The molecule has 0 bridgehead atoms. The fourth-order valence-electron chi connectivity index (χ4n) is 2.09. The van der Waals surface area contributed by atoms with E-state index in [2.05, 4.69) is 17.1 Å². The van der Waals surface area contributed by atoms with Crippen LogP contribution in [0, 0.1) is 6.92 Å². The predicted octanol–water partition coefficient (Wildman–Crippen LogP) is 3.26. The number of benzene rings is 1. The summed E-state index contributed by atoms with van der Waals surface area (Å²) in [5.41, 5.74) is 0.808. The molecule has 0 aliphatic carbocycles. The minimum absolute atomic E-state index is 0.0759. The highest BCUT2D eigenvalue weighted by molar-refractivity contribution is 8.01. The van der Waals surface area contributed by atoms with Crippen LogP contribution in [0.2, 0.25) is 0 Å². The summed E-state index contributed by atoms with van der Waals surface area (Å²) < 4.78 is 4.91. The van der Waals surface area contributed by atoms with Crippen LogP contribution in [0.3, 0.4) is 0 Å². The van der Waals surface area contributed by atoms with E-state index in [4.69, 9.17) is 4.52 Å². The Kier molecular flexibility index (Phi) is 6.82. The first-order valence-corrected chi connectivity index (χ1v) is 8.88. The maximum atomic E-state index is 12.5. The lowest BCUT2D eigenvalue weighted by atomic mass is 10.3. The van der Waals surface area contributed by atoms with Gasteiger partial charge in [-0.1, -0.05) is 29.4 Å². The summed E-state index contributed by atoms with van der Waals surface area (Å²) in [5, 5.41) is 5.99. The summed E-state index contributed by atoms with van der Waals surface area (Å²) >= 11 is 1.27. The Morgan fingerprint density at radius 1 is 1.40 bits per heavy atom. The fraction of sp³-hybridized carbons (Fsp3) is 0.278. The topological polar surface area (TPSA) is 75.4 Å². The van der Waals surface area contributed by atoms with Crippen LogP contribution >= 0.6 is 11.8 Å². The fourth-order valence-corrected chi connectivity index (χ4v) is 2.85. The Labute approximate surface area is 151 Å². The second kappa shape index (κ2) is 9.08. The molecule has 1 atom stereocenters. The van der Waals surface area contributed by atoms with E-state index in [1.54, 1.807) is 30.9 Å². The zero-order valence-electron chi connectivity index (χ0n) is 14.3. The highest BCUT2D eigenvalue weighted by atomic mass is 32.2. The van der Waals surface area contributed by atoms with Crippen LogP contribution in [-0.2, 0) is 9.59 Å². The van der Waals surface area contributed by atoms with Crippen molar-refractivity contribution in [3.05, 3.63) is 54.8 Å². The van der Waals surface area contributed by atoms with Crippen molar-refractivity contribution in [2.45, 2.75) is 19.1 Å². The van der Waals surface area contributed by atoms with Gasteiger partial charge in [-0.3, -0.25) is 9.59 Å². The molecular weight excluding hydrogens is 338 g/mol. The summed E-state index contributed by atoms with van der Waals surface area (Å²) in [5.74, 6) is 0.886. The molecule has 0 saturated carbocycles. The van der Waals surface area contributed by atoms with E-state index < -0.39 is 5.25 Å². The first kappa shape index (κ1) is 18.8. The summed E-state index contributed by atoms with van der Waals surface area (Å²) in [7, 11) is 0. The van der Waals surface area contributed by atoms with Crippen molar-refractivity contribution in [1.29, 1.82) is 0 Å². The van der Waals surface area contributed by atoms with Gasteiger partial charge in [0.05, 0.1) is 11.0 Å². The molecule has 1 heterocycles. The minimum Gasteiger partial charge on any atom is -0.360 e. The van der Waals surface area contributed by atoms with Gasteiger partial charge in [-0.05, 0) is 26.0 Å². The van der Waals surface area contributed by atoms with Gasteiger partial charge in [0, 0.05) is 18.3 Å². The first-order chi connectivity index (χ1) is 12.0. The van der Waals surface area contributed by atoms with Crippen molar-refractivity contribution in [2.75, 3.05) is 22.5 Å². The lowest BCUT2D eigenvalue weighted by Gasteiger charge is -2.21. The van der Waals surface area contributed by atoms with Gasteiger partial charge in [-0.2, -0.15) is 0 Å². The molecule has 132 valence electrons. The van der Waals surface area contributed by atoms with E-state index >= 15 is 0 Å². The third-order valence-electron chi connectivity index (χ3n) is 3.39. The van der Waals surface area contributed by atoms with Crippen molar-refractivity contribution < 1.29 is 14.1 Å². The van der Waals surface area contributed by atoms with E-state index in [0.29, 0.717) is 18.1 Å². The van der Waals surface area contributed by atoms with Crippen molar-refractivity contribution >= 4 is 35.1 Å². The van der Waals surface area contributed by atoms with Gasteiger partial charge >= 0.3 is 0 Å². The average Bonchev–Trinajstić information content (AvgIpc) is 3.02. The molecule has 1 N–H and O–H groups in total. The molecular formula is C18H21N3O3S. The summed E-state index contributed by atoms with van der Waals surface area (Å²) in [6.45, 7) is 7.62. The van der Waals surface area contributed by atoms with Crippen LogP contribution in [0.4, 0.5) is 11.5 Å². The van der Waals surface area contributed by atoms with E-state index in [-0.39, 0.29) is 17.6 Å². The maximum absolute atomic E-state index is 12.5. The molecule has 1 unspecified atom stereocenters. The molecule has 7 heteroatoms. The maximum Gasteiger partial charge on any atom is 0.238 e. The number of aromatic nitrogens is 1. The second-order valence-electron chi connectivity index (χ2n) is 5.39. The quantitative estimate of drug-likeness (QED) is 0.732. The van der Waals surface area contributed by atoms with Gasteiger partial charge in [0.2, 0.25) is 11.8 Å². The van der Waals surface area contributed by atoms with Crippen molar-refractivity contribution in [1.82, 2.24) is 5.16 Å². The number of para-hydroxylation sites is 1. The molecule has 0 fully saturated rings. The third-order valence-corrected chi connectivity index (χ3v) is 4.51. The largest absolute Gasteiger partial charge is 0.360 e. The summed E-state index contributed by atoms with van der Waals surface area (Å²) in [6, 6.07) is 11.0. The number of amides is 2. The number of nitrogens with zero attached hydrogens (tertiary/aromatic N) is 2. The van der Waals surface area contributed by atoms with Gasteiger partial charge in [-0.15, -0.1) is 18.3 Å². The van der Waals surface area contributed by atoms with Crippen LogP contribution in [0.25, 0.3) is 0 Å². The molecule has 0 radical (unpaired) electrons. The van der Waals surface area contributed by atoms with Crippen molar-refractivity contribution in [2.24, 2.45) is 0 Å². The highest BCUT2D eigenvalue weighted by Gasteiger charge is 2.20. The highest BCUT2D eigenvalue weighted by Crippen LogP contribution is 2.18. The van der Waals surface area contributed by atoms with Crippen molar-refractivity contribution in [3.63, 3.8) is 0 Å². The molecule has 1 aromatic heterocycles. The van der Waals surface area contributed by atoms with Crippen LogP contribution < -0.4 is 10.2 Å². The number of nitrogens with one attached hydrogen (secondary N) is 1. The summed E-state index contributed by atoms with van der Waals surface area (Å²) in [4.78, 5) is 26.3. The van der Waals surface area contributed by atoms with Gasteiger partial charge in [-0.25, -0.2) is 0 Å².